The largest absolute Gasteiger partial charge is 0.364 e. The summed E-state index contributed by atoms with van der Waals surface area (Å²) in [6.45, 7) is 0.184. The van der Waals surface area contributed by atoms with Crippen molar-refractivity contribution in [2.45, 2.75) is 0 Å². The molecule has 2 aromatic carbocycles. The van der Waals surface area contributed by atoms with Crippen molar-refractivity contribution < 1.29 is 9.53 Å². The summed E-state index contributed by atoms with van der Waals surface area (Å²) in [7, 11) is 1.52. The number of methoxy groups -OCH3 is 1. The Morgan fingerprint density at radius 1 is 1.15 bits per heavy atom. The summed E-state index contributed by atoms with van der Waals surface area (Å²) in [5.41, 5.74) is 2.37. The number of amides is 1. The highest BCUT2D eigenvalue weighted by atomic mass is 35.5. The fourth-order valence-corrected chi connectivity index (χ4v) is 2.28. The molecule has 0 saturated carbocycles. The summed E-state index contributed by atoms with van der Waals surface area (Å²) in [6.07, 6.45) is 0. The molecule has 0 atom stereocenters. The minimum Gasteiger partial charge on any atom is -0.364 e. The number of nitrogens with one attached hydrogen (secondary N) is 1. The van der Waals surface area contributed by atoms with E-state index in [-0.39, 0.29) is 12.6 Å². The van der Waals surface area contributed by atoms with E-state index in [1.165, 1.54) is 7.11 Å². The summed E-state index contributed by atoms with van der Waals surface area (Å²) in [4.78, 5) is 11.7. The third-order valence-electron chi connectivity index (χ3n) is 2.77. The van der Waals surface area contributed by atoms with Crippen LogP contribution in [0.3, 0.4) is 0 Å². The molecule has 2 rings (SSSR count). The predicted molar refractivity (Wildman–Crippen MR) is 81.2 cm³/mol. The minimum absolute atomic E-state index is 0.180. The molecule has 1 N–H and O–H groups in total. The Bertz CT molecular complexity index is 612. The topological polar surface area (TPSA) is 38.3 Å². The van der Waals surface area contributed by atoms with Crippen LogP contribution in [0.1, 0.15) is 10.4 Å². The Hall–Kier alpha value is -1.55. The number of rotatable bonds is 4. The van der Waals surface area contributed by atoms with Crippen LogP contribution in [0.25, 0.3) is 11.1 Å². The molecule has 0 aliphatic carbocycles. The molecule has 0 saturated heterocycles. The molecule has 0 bridgehead atoms. The molecular weight excluding hydrogens is 297 g/mol. The van der Waals surface area contributed by atoms with E-state index < -0.39 is 0 Å². The van der Waals surface area contributed by atoms with Crippen LogP contribution < -0.4 is 5.32 Å². The van der Waals surface area contributed by atoms with E-state index in [9.17, 15) is 4.79 Å². The lowest BCUT2D eigenvalue weighted by molar-refractivity contribution is 0.0872. The highest BCUT2D eigenvalue weighted by Crippen LogP contribution is 2.30. The Morgan fingerprint density at radius 2 is 1.85 bits per heavy atom. The third-order valence-corrected chi connectivity index (χ3v) is 3.31. The van der Waals surface area contributed by atoms with Crippen molar-refractivity contribution >= 4 is 29.1 Å². The number of hydrogen-bond donors (Lipinski definition) is 1. The summed E-state index contributed by atoms with van der Waals surface area (Å²) in [5, 5.41) is 3.79. The zero-order chi connectivity index (χ0) is 14.5. The quantitative estimate of drug-likeness (QED) is 0.867. The normalized spacial score (nSPS) is 10.3. The number of halogens is 2. The number of ether oxygens (including phenoxy) is 1. The first kappa shape index (κ1) is 14.9. The van der Waals surface area contributed by atoms with Gasteiger partial charge in [-0.2, -0.15) is 0 Å². The van der Waals surface area contributed by atoms with E-state index in [0.29, 0.717) is 15.6 Å². The van der Waals surface area contributed by atoms with Crippen molar-refractivity contribution in [2.75, 3.05) is 13.8 Å². The second kappa shape index (κ2) is 6.75. The Labute approximate surface area is 127 Å². The van der Waals surface area contributed by atoms with Crippen molar-refractivity contribution in [1.82, 2.24) is 5.32 Å². The number of carbonyl (C=O) groups is 1. The van der Waals surface area contributed by atoms with E-state index in [4.69, 9.17) is 27.9 Å². The second-order valence-electron chi connectivity index (χ2n) is 4.14. The van der Waals surface area contributed by atoms with E-state index in [1.807, 2.05) is 18.2 Å². The van der Waals surface area contributed by atoms with Gasteiger partial charge in [-0.25, -0.2) is 0 Å². The zero-order valence-corrected chi connectivity index (χ0v) is 12.3. The fraction of sp³-hybridized carbons (Fsp3) is 0.133. The van der Waals surface area contributed by atoms with Gasteiger partial charge in [-0.3, -0.25) is 4.79 Å². The van der Waals surface area contributed by atoms with Crippen LogP contribution in [0.4, 0.5) is 0 Å². The monoisotopic (exact) mass is 309 g/mol. The van der Waals surface area contributed by atoms with Crippen LogP contribution in [0.2, 0.25) is 10.0 Å². The highest BCUT2D eigenvalue weighted by Gasteiger charge is 2.07. The molecule has 0 heterocycles. The molecule has 0 radical (unpaired) electrons. The lowest BCUT2D eigenvalue weighted by atomic mass is 10.0. The molecule has 20 heavy (non-hydrogen) atoms. The average Bonchev–Trinajstić information content (AvgIpc) is 2.45. The maximum absolute atomic E-state index is 11.7. The molecule has 0 spiro atoms. The molecule has 1 amide bonds. The molecular formula is C15H13Cl2NO2. The molecule has 3 nitrogen and oxygen atoms in total. The predicted octanol–water partition coefficient (Wildman–Crippen LogP) is 3.99. The van der Waals surface area contributed by atoms with Gasteiger partial charge in [-0.1, -0.05) is 41.4 Å². The Morgan fingerprint density at radius 3 is 2.45 bits per heavy atom. The first-order valence-electron chi connectivity index (χ1n) is 5.94. The SMILES string of the molecule is COCNC(=O)c1ccc(-c2ccc(Cl)cc2Cl)cc1. The van der Waals surface area contributed by atoms with Gasteiger partial charge in [0, 0.05) is 28.3 Å². The van der Waals surface area contributed by atoms with E-state index in [0.717, 1.165) is 11.1 Å². The first-order chi connectivity index (χ1) is 9.61. The van der Waals surface area contributed by atoms with Crippen molar-refractivity contribution in [2.24, 2.45) is 0 Å². The van der Waals surface area contributed by atoms with E-state index in [2.05, 4.69) is 5.32 Å². The molecule has 0 aromatic heterocycles. The van der Waals surface area contributed by atoms with Crippen LogP contribution in [0.15, 0.2) is 42.5 Å². The fourth-order valence-electron chi connectivity index (χ4n) is 1.76. The Balaban J connectivity index is 2.21. The summed E-state index contributed by atoms with van der Waals surface area (Å²) in [5.74, 6) is -0.180. The van der Waals surface area contributed by atoms with Crippen molar-refractivity contribution in [3.63, 3.8) is 0 Å². The molecule has 0 aliphatic rings. The van der Waals surface area contributed by atoms with Gasteiger partial charge in [0.2, 0.25) is 0 Å². The molecule has 5 heteroatoms. The van der Waals surface area contributed by atoms with E-state index >= 15 is 0 Å². The summed E-state index contributed by atoms with van der Waals surface area (Å²) < 4.78 is 4.79. The van der Waals surface area contributed by atoms with Crippen LogP contribution in [0, 0.1) is 0 Å². The van der Waals surface area contributed by atoms with Crippen LogP contribution in [-0.4, -0.2) is 19.7 Å². The van der Waals surface area contributed by atoms with Crippen molar-refractivity contribution in [3.05, 3.63) is 58.1 Å². The lowest BCUT2D eigenvalue weighted by Gasteiger charge is -2.07. The van der Waals surface area contributed by atoms with Crippen molar-refractivity contribution in [3.8, 4) is 11.1 Å². The first-order valence-corrected chi connectivity index (χ1v) is 6.70. The summed E-state index contributed by atoms with van der Waals surface area (Å²) >= 11 is 12.0. The average molecular weight is 310 g/mol. The summed E-state index contributed by atoms with van der Waals surface area (Å²) in [6, 6.07) is 12.5. The molecule has 104 valence electrons. The lowest BCUT2D eigenvalue weighted by Crippen LogP contribution is -2.25. The van der Waals surface area contributed by atoms with E-state index in [1.54, 1.807) is 24.3 Å². The van der Waals surface area contributed by atoms with Crippen LogP contribution >= 0.6 is 23.2 Å². The second-order valence-corrected chi connectivity index (χ2v) is 4.98. The van der Waals surface area contributed by atoms with Gasteiger partial charge in [0.05, 0.1) is 0 Å². The van der Waals surface area contributed by atoms with Gasteiger partial charge in [0.15, 0.2) is 0 Å². The third kappa shape index (κ3) is 3.51. The molecule has 0 aliphatic heterocycles. The molecule has 2 aromatic rings. The number of benzene rings is 2. The number of hydrogen-bond acceptors (Lipinski definition) is 2. The zero-order valence-electron chi connectivity index (χ0n) is 10.8. The smallest absolute Gasteiger partial charge is 0.253 e. The van der Waals surface area contributed by atoms with Crippen LogP contribution in [-0.2, 0) is 4.74 Å². The van der Waals surface area contributed by atoms with Gasteiger partial charge in [-0.15, -0.1) is 0 Å². The number of carbonyl (C=O) groups excluding carboxylic acids is 1. The van der Waals surface area contributed by atoms with Gasteiger partial charge in [0.25, 0.3) is 5.91 Å². The van der Waals surface area contributed by atoms with Gasteiger partial charge < -0.3 is 10.1 Å². The highest BCUT2D eigenvalue weighted by molar-refractivity contribution is 6.36. The van der Waals surface area contributed by atoms with Crippen molar-refractivity contribution in [1.29, 1.82) is 0 Å². The van der Waals surface area contributed by atoms with Crippen LogP contribution in [0.5, 0.6) is 0 Å². The maximum Gasteiger partial charge on any atom is 0.253 e. The van der Waals surface area contributed by atoms with Gasteiger partial charge in [0.1, 0.15) is 6.73 Å². The standard InChI is InChI=1S/C15H13Cl2NO2/c1-20-9-18-15(19)11-4-2-10(3-5-11)13-7-6-12(16)8-14(13)17/h2-8H,9H2,1H3,(H,18,19). The Kier molecular flexibility index (Phi) is 5.01. The van der Waals surface area contributed by atoms with Gasteiger partial charge in [-0.05, 0) is 29.8 Å². The maximum atomic E-state index is 11.7. The molecule has 0 fully saturated rings. The minimum atomic E-state index is -0.180. The molecule has 0 unspecified atom stereocenters. The van der Waals surface area contributed by atoms with Gasteiger partial charge >= 0.3 is 0 Å².